The maximum absolute atomic E-state index is 12.0. The second kappa shape index (κ2) is 17.8. The van der Waals surface area contributed by atoms with E-state index >= 15 is 0 Å². The second-order valence-corrected chi connectivity index (χ2v) is 8.15. The molecule has 0 saturated carbocycles. The Balaban J connectivity index is 1.86. The Bertz CT molecular complexity index is 541. The zero-order chi connectivity index (χ0) is 20.3. The Morgan fingerprint density at radius 2 is 1.32 bits per heavy atom. The molecule has 0 fully saturated rings. The maximum Gasteiger partial charge on any atom is 0.256 e. The third-order valence-corrected chi connectivity index (χ3v) is 5.50. The van der Waals surface area contributed by atoms with Crippen molar-refractivity contribution in [3.8, 4) is 0 Å². The largest absolute Gasteiger partial charge is 0.329 e. The molecule has 1 aromatic rings. The summed E-state index contributed by atoms with van der Waals surface area (Å²) < 4.78 is 0. The number of nitrogens with one attached hydrogen (secondary N) is 1. The highest BCUT2D eigenvalue weighted by Gasteiger charge is 2.06. The molecule has 0 bridgehead atoms. The van der Waals surface area contributed by atoms with Crippen molar-refractivity contribution in [1.82, 2.24) is 5.32 Å². The molecule has 1 rings (SSSR count). The molecule has 158 valence electrons. The number of amides is 1. The second-order valence-electron chi connectivity index (χ2n) is 7.74. The smallest absolute Gasteiger partial charge is 0.256 e. The van der Waals surface area contributed by atoms with Gasteiger partial charge < -0.3 is 5.32 Å². The number of carbonyl (C=O) groups excluding carboxylic acids is 1. The summed E-state index contributed by atoms with van der Waals surface area (Å²) in [4.78, 5) is 12.0. The first kappa shape index (κ1) is 24.8. The van der Waals surface area contributed by atoms with Crippen molar-refractivity contribution in [2.24, 2.45) is 0 Å². The summed E-state index contributed by atoms with van der Waals surface area (Å²) in [7, 11) is 0. The van der Waals surface area contributed by atoms with Gasteiger partial charge in [0.1, 0.15) is 0 Å². The monoisotopic (exact) mass is 405 g/mol. The topological polar surface area (TPSA) is 29.1 Å². The average molecular weight is 406 g/mol. The Morgan fingerprint density at radius 1 is 0.821 bits per heavy atom. The predicted octanol–water partition coefficient (Wildman–Crippen LogP) is 8.45. The molecule has 1 amide bonds. The minimum atomic E-state index is -0.150. The SMILES string of the molecule is CCCCCCCCCCCCCCCCC=CNC(=O)c1ccccc1Cl. The quantitative estimate of drug-likeness (QED) is 0.259. The van der Waals surface area contributed by atoms with Crippen LogP contribution in [-0.2, 0) is 0 Å². The van der Waals surface area contributed by atoms with Gasteiger partial charge in [0, 0.05) is 6.20 Å². The van der Waals surface area contributed by atoms with Crippen molar-refractivity contribution in [3.63, 3.8) is 0 Å². The molecule has 0 unspecified atom stereocenters. The Kier molecular flexibility index (Phi) is 15.7. The number of carbonyl (C=O) groups is 1. The number of halogens is 1. The van der Waals surface area contributed by atoms with Gasteiger partial charge in [0.05, 0.1) is 10.6 Å². The minimum absolute atomic E-state index is 0.150. The van der Waals surface area contributed by atoms with E-state index in [1.165, 1.54) is 89.9 Å². The first-order valence-electron chi connectivity index (χ1n) is 11.5. The fraction of sp³-hybridized carbons (Fsp3) is 0.640. The number of hydrogen-bond donors (Lipinski definition) is 1. The summed E-state index contributed by atoms with van der Waals surface area (Å²) >= 11 is 6.02. The Morgan fingerprint density at radius 3 is 1.86 bits per heavy atom. The summed E-state index contributed by atoms with van der Waals surface area (Å²) in [6, 6.07) is 7.11. The van der Waals surface area contributed by atoms with Gasteiger partial charge in [-0.3, -0.25) is 4.79 Å². The van der Waals surface area contributed by atoms with Gasteiger partial charge in [-0.05, 0) is 25.0 Å². The molecule has 2 nitrogen and oxygen atoms in total. The first-order valence-corrected chi connectivity index (χ1v) is 11.8. The van der Waals surface area contributed by atoms with Crippen LogP contribution >= 0.6 is 11.6 Å². The lowest BCUT2D eigenvalue weighted by atomic mass is 10.0. The number of benzene rings is 1. The van der Waals surface area contributed by atoms with Crippen molar-refractivity contribution in [2.75, 3.05) is 0 Å². The average Bonchev–Trinajstić information content (AvgIpc) is 2.70. The van der Waals surface area contributed by atoms with E-state index in [4.69, 9.17) is 11.6 Å². The zero-order valence-electron chi connectivity index (χ0n) is 17.9. The van der Waals surface area contributed by atoms with Crippen LogP contribution in [0.25, 0.3) is 0 Å². The predicted molar refractivity (Wildman–Crippen MR) is 123 cm³/mol. The van der Waals surface area contributed by atoms with Crippen LogP contribution in [0.15, 0.2) is 36.5 Å². The van der Waals surface area contributed by atoms with Gasteiger partial charge in [0.15, 0.2) is 0 Å². The van der Waals surface area contributed by atoms with E-state index in [1.807, 2.05) is 18.2 Å². The van der Waals surface area contributed by atoms with Crippen LogP contribution in [-0.4, -0.2) is 5.91 Å². The molecule has 0 aliphatic heterocycles. The molecule has 1 aromatic carbocycles. The van der Waals surface area contributed by atoms with Crippen LogP contribution in [0.5, 0.6) is 0 Å². The number of rotatable bonds is 17. The summed E-state index contributed by atoms with van der Waals surface area (Å²) in [6.07, 6.45) is 24.1. The fourth-order valence-corrected chi connectivity index (χ4v) is 3.62. The first-order chi connectivity index (χ1) is 13.8. The lowest BCUT2D eigenvalue weighted by Crippen LogP contribution is -2.17. The highest BCUT2D eigenvalue weighted by Crippen LogP contribution is 2.15. The van der Waals surface area contributed by atoms with E-state index in [9.17, 15) is 4.79 Å². The summed E-state index contributed by atoms with van der Waals surface area (Å²) in [5.74, 6) is -0.150. The van der Waals surface area contributed by atoms with Gasteiger partial charge in [-0.2, -0.15) is 0 Å². The molecule has 28 heavy (non-hydrogen) atoms. The summed E-state index contributed by atoms with van der Waals surface area (Å²) in [5, 5.41) is 3.27. The number of unbranched alkanes of at least 4 members (excludes halogenated alkanes) is 14. The van der Waals surface area contributed by atoms with Crippen molar-refractivity contribution in [3.05, 3.63) is 47.1 Å². The lowest BCUT2D eigenvalue weighted by molar-refractivity contribution is 0.0970. The fourth-order valence-electron chi connectivity index (χ4n) is 3.40. The third-order valence-electron chi connectivity index (χ3n) is 5.18. The molecule has 0 aliphatic rings. The van der Waals surface area contributed by atoms with E-state index in [2.05, 4.69) is 12.2 Å². The highest BCUT2D eigenvalue weighted by atomic mass is 35.5. The molecule has 0 spiro atoms. The molecular weight excluding hydrogens is 366 g/mol. The van der Waals surface area contributed by atoms with E-state index < -0.39 is 0 Å². The standard InChI is InChI=1S/C25H40ClNO/c1-2-3-4-5-6-7-8-9-10-11-12-13-14-15-16-19-22-27-25(28)23-20-17-18-21-24(23)26/h17-22H,2-16H2,1H3,(H,27,28). The van der Waals surface area contributed by atoms with Gasteiger partial charge in [0.2, 0.25) is 0 Å². The van der Waals surface area contributed by atoms with Crippen molar-refractivity contribution < 1.29 is 4.79 Å². The van der Waals surface area contributed by atoms with Gasteiger partial charge in [-0.25, -0.2) is 0 Å². The van der Waals surface area contributed by atoms with Gasteiger partial charge in [-0.15, -0.1) is 0 Å². The van der Waals surface area contributed by atoms with Crippen molar-refractivity contribution in [2.45, 2.75) is 103 Å². The zero-order valence-corrected chi connectivity index (χ0v) is 18.6. The van der Waals surface area contributed by atoms with E-state index in [1.54, 1.807) is 18.3 Å². The van der Waals surface area contributed by atoms with Crippen LogP contribution in [0, 0.1) is 0 Å². The molecule has 0 saturated heterocycles. The third kappa shape index (κ3) is 13.0. The summed E-state index contributed by atoms with van der Waals surface area (Å²) in [6.45, 7) is 2.28. The van der Waals surface area contributed by atoms with Gasteiger partial charge >= 0.3 is 0 Å². The van der Waals surface area contributed by atoms with E-state index in [0.717, 1.165) is 6.42 Å². The van der Waals surface area contributed by atoms with Crippen LogP contribution in [0.1, 0.15) is 114 Å². The van der Waals surface area contributed by atoms with Crippen LogP contribution in [0.3, 0.4) is 0 Å². The van der Waals surface area contributed by atoms with E-state index in [-0.39, 0.29) is 5.91 Å². The summed E-state index contributed by atoms with van der Waals surface area (Å²) in [5.41, 5.74) is 0.519. The lowest BCUT2D eigenvalue weighted by Gasteiger charge is -2.03. The van der Waals surface area contributed by atoms with Gasteiger partial charge in [-0.1, -0.05) is 120 Å². The molecule has 0 radical (unpaired) electrons. The molecule has 0 aliphatic carbocycles. The van der Waals surface area contributed by atoms with Crippen molar-refractivity contribution in [1.29, 1.82) is 0 Å². The molecule has 0 heterocycles. The molecule has 0 aromatic heterocycles. The van der Waals surface area contributed by atoms with Crippen LogP contribution in [0.2, 0.25) is 5.02 Å². The van der Waals surface area contributed by atoms with Gasteiger partial charge in [0.25, 0.3) is 5.91 Å². The van der Waals surface area contributed by atoms with E-state index in [0.29, 0.717) is 10.6 Å². The van der Waals surface area contributed by atoms with Crippen LogP contribution in [0.4, 0.5) is 0 Å². The number of hydrogen-bond acceptors (Lipinski definition) is 1. The molecule has 3 heteroatoms. The maximum atomic E-state index is 12.0. The highest BCUT2D eigenvalue weighted by molar-refractivity contribution is 6.33. The van der Waals surface area contributed by atoms with Crippen molar-refractivity contribution >= 4 is 17.5 Å². The Labute approximate surface area is 178 Å². The minimum Gasteiger partial charge on any atom is -0.329 e. The molecule has 0 atom stereocenters. The normalized spacial score (nSPS) is 11.2. The Hall–Kier alpha value is -1.28. The molecular formula is C25H40ClNO. The van der Waals surface area contributed by atoms with Crippen LogP contribution < -0.4 is 5.32 Å². The number of allylic oxidation sites excluding steroid dienone is 1. The molecule has 1 N–H and O–H groups in total.